The van der Waals surface area contributed by atoms with Gasteiger partial charge in [-0.1, -0.05) is 42.3 Å². The monoisotopic (exact) mass is 226 g/mol. The number of halogens is 1. The minimum absolute atomic E-state index is 0.256. The maximum absolute atomic E-state index is 12.8. The molecule has 0 saturated heterocycles. The van der Waals surface area contributed by atoms with E-state index in [1.165, 1.54) is 12.1 Å². The lowest BCUT2D eigenvalue weighted by atomic mass is 10.0. The van der Waals surface area contributed by atoms with Gasteiger partial charge in [0.05, 0.1) is 0 Å². The molecule has 0 aliphatic carbocycles. The molecule has 0 amide bonds. The van der Waals surface area contributed by atoms with Crippen LogP contribution in [0, 0.1) is 18.2 Å². The van der Waals surface area contributed by atoms with Gasteiger partial charge in [0.1, 0.15) is 11.9 Å². The largest absolute Gasteiger partial charge is 0.376 e. The molecule has 0 bridgehead atoms. The minimum atomic E-state index is -0.878. The van der Waals surface area contributed by atoms with E-state index in [0.29, 0.717) is 5.56 Å². The Kier molecular flexibility index (Phi) is 3.22. The first-order chi connectivity index (χ1) is 8.20. The van der Waals surface area contributed by atoms with E-state index >= 15 is 0 Å². The second kappa shape index (κ2) is 4.82. The summed E-state index contributed by atoms with van der Waals surface area (Å²) in [6, 6.07) is 13.5. The molecule has 2 heteroatoms. The van der Waals surface area contributed by atoms with E-state index < -0.39 is 6.10 Å². The van der Waals surface area contributed by atoms with E-state index in [0.717, 1.165) is 11.1 Å². The molecule has 17 heavy (non-hydrogen) atoms. The molecule has 0 aromatic heterocycles. The van der Waals surface area contributed by atoms with Crippen LogP contribution in [0.25, 0.3) is 11.1 Å². The Morgan fingerprint density at radius 2 is 1.41 bits per heavy atom. The number of benzene rings is 2. The standard InChI is InChI=1S/C15H11FO/c1-2-15(17)13-5-3-11(4-6-13)12-7-9-14(16)10-8-12/h1,3-10,15,17H. The third-order valence-electron chi connectivity index (χ3n) is 2.56. The Hall–Kier alpha value is -2.11. The quantitative estimate of drug-likeness (QED) is 0.780. The molecule has 1 N–H and O–H groups in total. The maximum atomic E-state index is 12.8. The van der Waals surface area contributed by atoms with E-state index in [9.17, 15) is 9.50 Å². The summed E-state index contributed by atoms with van der Waals surface area (Å²) in [5.74, 6) is 2.00. The Bertz CT molecular complexity index is 535. The summed E-state index contributed by atoms with van der Waals surface area (Å²) in [4.78, 5) is 0. The van der Waals surface area contributed by atoms with Crippen molar-refractivity contribution in [1.82, 2.24) is 0 Å². The molecule has 0 spiro atoms. The van der Waals surface area contributed by atoms with Crippen molar-refractivity contribution in [1.29, 1.82) is 0 Å². The van der Waals surface area contributed by atoms with Gasteiger partial charge >= 0.3 is 0 Å². The fourth-order valence-electron chi connectivity index (χ4n) is 1.60. The Labute approximate surface area is 99.5 Å². The van der Waals surface area contributed by atoms with Gasteiger partial charge in [-0.05, 0) is 28.8 Å². The smallest absolute Gasteiger partial charge is 0.139 e. The lowest BCUT2D eigenvalue weighted by Crippen LogP contribution is -1.92. The van der Waals surface area contributed by atoms with Crippen LogP contribution in [-0.4, -0.2) is 5.11 Å². The molecule has 84 valence electrons. The average molecular weight is 226 g/mol. The van der Waals surface area contributed by atoms with Crippen LogP contribution >= 0.6 is 0 Å². The summed E-state index contributed by atoms with van der Waals surface area (Å²) in [6.07, 6.45) is 4.25. The first-order valence-corrected chi connectivity index (χ1v) is 5.21. The summed E-state index contributed by atoms with van der Waals surface area (Å²) in [5, 5.41) is 9.44. The molecule has 0 heterocycles. The van der Waals surface area contributed by atoms with Gasteiger partial charge in [0, 0.05) is 0 Å². The number of aliphatic hydroxyl groups excluding tert-OH is 1. The molecule has 2 rings (SSSR count). The summed E-state index contributed by atoms with van der Waals surface area (Å²) in [5.41, 5.74) is 2.56. The van der Waals surface area contributed by atoms with Crippen molar-refractivity contribution >= 4 is 0 Å². The van der Waals surface area contributed by atoms with Crippen molar-refractivity contribution in [3.05, 3.63) is 59.9 Å². The molecule has 2 aromatic rings. The summed E-state index contributed by atoms with van der Waals surface area (Å²) in [7, 11) is 0. The van der Waals surface area contributed by atoms with E-state index in [1.807, 2.05) is 12.1 Å². The van der Waals surface area contributed by atoms with Crippen LogP contribution in [-0.2, 0) is 0 Å². The SMILES string of the molecule is C#CC(O)c1ccc(-c2ccc(F)cc2)cc1. The van der Waals surface area contributed by atoms with Crippen LogP contribution in [0.2, 0.25) is 0 Å². The number of terminal acetylenes is 1. The number of rotatable bonds is 2. The van der Waals surface area contributed by atoms with Gasteiger partial charge in [-0.15, -0.1) is 6.42 Å². The Balaban J connectivity index is 2.30. The van der Waals surface area contributed by atoms with Crippen LogP contribution < -0.4 is 0 Å². The molecule has 0 radical (unpaired) electrons. The fraction of sp³-hybridized carbons (Fsp3) is 0.0667. The van der Waals surface area contributed by atoms with Crippen molar-refractivity contribution in [3.63, 3.8) is 0 Å². The van der Waals surface area contributed by atoms with Gasteiger partial charge in [0.25, 0.3) is 0 Å². The normalized spacial score (nSPS) is 11.8. The van der Waals surface area contributed by atoms with Gasteiger partial charge in [-0.2, -0.15) is 0 Å². The average Bonchev–Trinajstić information content (AvgIpc) is 2.39. The maximum Gasteiger partial charge on any atom is 0.139 e. The van der Waals surface area contributed by atoms with Crippen molar-refractivity contribution < 1.29 is 9.50 Å². The second-order valence-electron chi connectivity index (χ2n) is 3.70. The molecule has 1 atom stereocenters. The molecule has 1 unspecified atom stereocenters. The van der Waals surface area contributed by atoms with E-state index in [-0.39, 0.29) is 5.82 Å². The first kappa shape index (κ1) is 11.4. The van der Waals surface area contributed by atoms with Crippen molar-refractivity contribution in [3.8, 4) is 23.5 Å². The van der Waals surface area contributed by atoms with Gasteiger partial charge in [-0.3, -0.25) is 0 Å². The third kappa shape index (κ3) is 2.52. The summed E-state index contributed by atoms with van der Waals surface area (Å²) < 4.78 is 12.8. The molecule has 2 aromatic carbocycles. The minimum Gasteiger partial charge on any atom is -0.376 e. The van der Waals surface area contributed by atoms with Gasteiger partial charge in [-0.25, -0.2) is 4.39 Å². The molecule has 0 aliphatic rings. The van der Waals surface area contributed by atoms with Gasteiger partial charge in [0.15, 0.2) is 0 Å². The zero-order valence-corrected chi connectivity index (χ0v) is 9.10. The zero-order valence-electron chi connectivity index (χ0n) is 9.10. The number of aliphatic hydroxyl groups is 1. The lowest BCUT2D eigenvalue weighted by molar-refractivity contribution is 0.238. The molecule has 1 nitrogen and oxygen atoms in total. The highest BCUT2D eigenvalue weighted by Gasteiger charge is 2.03. The Morgan fingerprint density at radius 1 is 0.941 bits per heavy atom. The molecule has 0 fully saturated rings. The summed E-state index contributed by atoms with van der Waals surface area (Å²) in [6.45, 7) is 0. The van der Waals surface area contributed by atoms with Crippen LogP contribution in [0.4, 0.5) is 4.39 Å². The van der Waals surface area contributed by atoms with E-state index in [1.54, 1.807) is 24.3 Å². The summed E-state index contributed by atoms with van der Waals surface area (Å²) >= 11 is 0. The van der Waals surface area contributed by atoms with Gasteiger partial charge in [0.2, 0.25) is 0 Å². The third-order valence-corrected chi connectivity index (χ3v) is 2.56. The van der Waals surface area contributed by atoms with Crippen LogP contribution in [0.3, 0.4) is 0 Å². The predicted octanol–water partition coefficient (Wildman–Crippen LogP) is 3.16. The fourth-order valence-corrected chi connectivity index (χ4v) is 1.60. The highest BCUT2D eigenvalue weighted by molar-refractivity contribution is 5.63. The Morgan fingerprint density at radius 3 is 1.88 bits per heavy atom. The van der Waals surface area contributed by atoms with Gasteiger partial charge < -0.3 is 5.11 Å². The number of hydrogen-bond acceptors (Lipinski definition) is 1. The molecular weight excluding hydrogens is 215 g/mol. The predicted molar refractivity (Wildman–Crippen MR) is 65.6 cm³/mol. The van der Waals surface area contributed by atoms with E-state index in [2.05, 4.69) is 5.92 Å². The molecule has 0 aliphatic heterocycles. The van der Waals surface area contributed by atoms with Crippen LogP contribution in [0.5, 0.6) is 0 Å². The molecule has 0 saturated carbocycles. The van der Waals surface area contributed by atoms with Crippen molar-refractivity contribution in [2.24, 2.45) is 0 Å². The first-order valence-electron chi connectivity index (χ1n) is 5.21. The second-order valence-corrected chi connectivity index (χ2v) is 3.70. The topological polar surface area (TPSA) is 20.2 Å². The lowest BCUT2D eigenvalue weighted by Gasteiger charge is -2.06. The van der Waals surface area contributed by atoms with Crippen LogP contribution in [0.15, 0.2) is 48.5 Å². The molecular formula is C15H11FO. The van der Waals surface area contributed by atoms with Crippen molar-refractivity contribution in [2.45, 2.75) is 6.10 Å². The number of hydrogen-bond donors (Lipinski definition) is 1. The highest BCUT2D eigenvalue weighted by atomic mass is 19.1. The van der Waals surface area contributed by atoms with Crippen LogP contribution in [0.1, 0.15) is 11.7 Å². The highest BCUT2D eigenvalue weighted by Crippen LogP contribution is 2.22. The zero-order chi connectivity index (χ0) is 12.3. The van der Waals surface area contributed by atoms with E-state index in [4.69, 9.17) is 6.42 Å². The van der Waals surface area contributed by atoms with Crippen molar-refractivity contribution in [2.75, 3.05) is 0 Å².